The number of nitrogens with zero attached hydrogens (tertiary/aromatic N) is 1. The van der Waals surface area contributed by atoms with Crippen LogP contribution in [0.15, 0.2) is 18.2 Å². The van der Waals surface area contributed by atoms with E-state index in [1.54, 1.807) is 0 Å². The SMILES string of the molecule is Cc1ccc(N(CCO)C2CC2)c(CN)c1. The quantitative estimate of drug-likeness (QED) is 0.789. The summed E-state index contributed by atoms with van der Waals surface area (Å²) in [6.07, 6.45) is 2.47. The molecule has 0 aromatic heterocycles. The molecule has 0 atom stereocenters. The Kier molecular flexibility index (Phi) is 3.46. The standard InChI is InChI=1S/C13H20N2O/c1-10-2-5-13(11(8-10)9-14)15(6-7-16)12-3-4-12/h2,5,8,12,16H,3-4,6-7,9,14H2,1H3. The number of nitrogens with two attached hydrogens (primary N) is 1. The van der Waals surface area contributed by atoms with Crippen molar-refractivity contribution >= 4 is 5.69 Å². The number of hydrogen-bond acceptors (Lipinski definition) is 3. The number of aryl methyl sites for hydroxylation is 1. The van der Waals surface area contributed by atoms with Crippen LogP contribution in [0.1, 0.15) is 24.0 Å². The molecule has 1 aromatic carbocycles. The van der Waals surface area contributed by atoms with Crippen molar-refractivity contribution in [1.82, 2.24) is 0 Å². The van der Waals surface area contributed by atoms with Gasteiger partial charge in [0.25, 0.3) is 0 Å². The fourth-order valence-corrected chi connectivity index (χ4v) is 2.15. The molecule has 0 bridgehead atoms. The van der Waals surface area contributed by atoms with Crippen molar-refractivity contribution in [2.24, 2.45) is 5.73 Å². The van der Waals surface area contributed by atoms with Gasteiger partial charge in [-0.15, -0.1) is 0 Å². The second kappa shape index (κ2) is 4.85. The fraction of sp³-hybridized carbons (Fsp3) is 0.538. The Morgan fingerprint density at radius 3 is 2.75 bits per heavy atom. The van der Waals surface area contributed by atoms with Crippen molar-refractivity contribution in [1.29, 1.82) is 0 Å². The maximum Gasteiger partial charge on any atom is 0.0606 e. The molecule has 3 nitrogen and oxygen atoms in total. The molecular formula is C13H20N2O. The smallest absolute Gasteiger partial charge is 0.0606 e. The van der Waals surface area contributed by atoms with E-state index in [1.165, 1.54) is 29.7 Å². The van der Waals surface area contributed by atoms with E-state index in [9.17, 15) is 0 Å². The van der Waals surface area contributed by atoms with Crippen LogP contribution in [-0.2, 0) is 6.54 Å². The van der Waals surface area contributed by atoms with Gasteiger partial charge < -0.3 is 15.7 Å². The summed E-state index contributed by atoms with van der Waals surface area (Å²) in [4.78, 5) is 2.29. The lowest BCUT2D eigenvalue weighted by atomic mass is 10.1. The molecule has 0 spiro atoms. The molecule has 2 rings (SSSR count). The Labute approximate surface area is 96.9 Å². The summed E-state index contributed by atoms with van der Waals surface area (Å²) in [7, 11) is 0. The van der Waals surface area contributed by atoms with Gasteiger partial charge in [0.2, 0.25) is 0 Å². The third-order valence-electron chi connectivity index (χ3n) is 3.09. The molecule has 0 saturated heterocycles. The van der Waals surface area contributed by atoms with E-state index in [1.807, 2.05) is 0 Å². The zero-order chi connectivity index (χ0) is 11.5. The third-order valence-corrected chi connectivity index (χ3v) is 3.09. The first-order valence-electron chi connectivity index (χ1n) is 5.93. The number of rotatable bonds is 5. The van der Waals surface area contributed by atoms with Gasteiger partial charge >= 0.3 is 0 Å². The lowest BCUT2D eigenvalue weighted by Gasteiger charge is -2.26. The highest BCUT2D eigenvalue weighted by molar-refractivity contribution is 5.56. The normalized spacial score (nSPS) is 15.2. The van der Waals surface area contributed by atoms with Gasteiger partial charge in [-0.25, -0.2) is 0 Å². The van der Waals surface area contributed by atoms with Gasteiger partial charge in [0.15, 0.2) is 0 Å². The first-order valence-corrected chi connectivity index (χ1v) is 5.93. The Morgan fingerprint density at radius 2 is 2.19 bits per heavy atom. The zero-order valence-corrected chi connectivity index (χ0v) is 9.82. The van der Waals surface area contributed by atoms with E-state index in [0.717, 1.165) is 0 Å². The average molecular weight is 220 g/mol. The number of anilines is 1. The van der Waals surface area contributed by atoms with Crippen molar-refractivity contribution in [2.75, 3.05) is 18.1 Å². The van der Waals surface area contributed by atoms with Gasteiger partial charge in [0, 0.05) is 24.8 Å². The summed E-state index contributed by atoms with van der Waals surface area (Å²) in [6.45, 7) is 3.55. The third kappa shape index (κ3) is 2.36. The highest BCUT2D eigenvalue weighted by atomic mass is 16.3. The van der Waals surface area contributed by atoms with Crippen LogP contribution >= 0.6 is 0 Å². The van der Waals surface area contributed by atoms with Crippen molar-refractivity contribution < 1.29 is 5.11 Å². The largest absolute Gasteiger partial charge is 0.395 e. The van der Waals surface area contributed by atoms with Gasteiger partial charge in [0.05, 0.1) is 6.61 Å². The lowest BCUT2D eigenvalue weighted by Crippen LogP contribution is -2.30. The Bertz CT molecular complexity index is 361. The van der Waals surface area contributed by atoms with Gasteiger partial charge in [0.1, 0.15) is 0 Å². The number of hydrogen-bond donors (Lipinski definition) is 2. The van der Waals surface area contributed by atoms with Crippen LogP contribution < -0.4 is 10.6 Å². The van der Waals surface area contributed by atoms with Gasteiger partial charge in [-0.1, -0.05) is 17.7 Å². The summed E-state index contributed by atoms with van der Waals surface area (Å²) in [5.74, 6) is 0. The van der Waals surface area contributed by atoms with Gasteiger partial charge in [-0.2, -0.15) is 0 Å². The number of aliphatic hydroxyl groups is 1. The topological polar surface area (TPSA) is 49.5 Å². The van der Waals surface area contributed by atoms with Crippen LogP contribution in [0.3, 0.4) is 0 Å². The predicted octanol–water partition coefficient (Wildman–Crippen LogP) is 1.41. The zero-order valence-electron chi connectivity index (χ0n) is 9.82. The van der Waals surface area contributed by atoms with Crippen molar-refractivity contribution in [3.63, 3.8) is 0 Å². The molecule has 0 radical (unpaired) electrons. The van der Waals surface area contributed by atoms with Crippen molar-refractivity contribution in [3.05, 3.63) is 29.3 Å². The minimum atomic E-state index is 0.203. The van der Waals surface area contributed by atoms with E-state index in [-0.39, 0.29) is 6.61 Å². The maximum atomic E-state index is 9.12. The average Bonchev–Trinajstić information content (AvgIpc) is 3.10. The Morgan fingerprint density at radius 1 is 1.44 bits per heavy atom. The lowest BCUT2D eigenvalue weighted by molar-refractivity contribution is 0.301. The molecule has 0 unspecified atom stereocenters. The van der Waals surface area contributed by atoms with E-state index < -0.39 is 0 Å². The van der Waals surface area contributed by atoms with Gasteiger partial charge in [-0.05, 0) is 31.4 Å². The molecule has 1 saturated carbocycles. The number of aliphatic hydroxyl groups excluding tert-OH is 1. The van der Waals surface area contributed by atoms with Crippen LogP contribution in [0, 0.1) is 6.92 Å². The van der Waals surface area contributed by atoms with E-state index in [4.69, 9.17) is 10.8 Å². The molecule has 3 N–H and O–H groups in total. The minimum absolute atomic E-state index is 0.203. The molecule has 0 aliphatic heterocycles. The van der Waals surface area contributed by atoms with Crippen molar-refractivity contribution in [3.8, 4) is 0 Å². The van der Waals surface area contributed by atoms with Crippen LogP contribution in [0.4, 0.5) is 5.69 Å². The van der Waals surface area contributed by atoms with Crippen LogP contribution in [0.25, 0.3) is 0 Å². The molecule has 16 heavy (non-hydrogen) atoms. The van der Waals surface area contributed by atoms with Gasteiger partial charge in [-0.3, -0.25) is 0 Å². The molecule has 1 fully saturated rings. The first kappa shape index (κ1) is 11.4. The molecule has 1 aliphatic carbocycles. The highest BCUT2D eigenvalue weighted by Crippen LogP contribution is 2.33. The maximum absolute atomic E-state index is 9.12. The molecule has 0 heterocycles. The summed E-state index contributed by atoms with van der Waals surface area (Å²) < 4.78 is 0. The summed E-state index contributed by atoms with van der Waals surface area (Å²) in [5.41, 5.74) is 9.40. The highest BCUT2D eigenvalue weighted by Gasteiger charge is 2.29. The summed E-state index contributed by atoms with van der Waals surface area (Å²) >= 11 is 0. The molecular weight excluding hydrogens is 200 g/mol. The van der Waals surface area contributed by atoms with Crippen LogP contribution in [-0.4, -0.2) is 24.3 Å². The minimum Gasteiger partial charge on any atom is -0.395 e. The van der Waals surface area contributed by atoms with E-state index >= 15 is 0 Å². The molecule has 1 aromatic rings. The Hall–Kier alpha value is -1.06. The monoisotopic (exact) mass is 220 g/mol. The second-order valence-corrected chi connectivity index (χ2v) is 4.48. The van der Waals surface area contributed by atoms with Crippen LogP contribution in [0.5, 0.6) is 0 Å². The van der Waals surface area contributed by atoms with Crippen molar-refractivity contribution in [2.45, 2.75) is 32.4 Å². The molecule has 0 amide bonds. The second-order valence-electron chi connectivity index (χ2n) is 4.48. The van der Waals surface area contributed by atoms with E-state index in [2.05, 4.69) is 30.0 Å². The Balaban J connectivity index is 2.28. The molecule has 3 heteroatoms. The van der Waals surface area contributed by atoms with Crippen LogP contribution in [0.2, 0.25) is 0 Å². The summed E-state index contributed by atoms with van der Waals surface area (Å²) in [5, 5.41) is 9.12. The summed E-state index contributed by atoms with van der Waals surface area (Å²) in [6, 6.07) is 7.00. The van der Waals surface area contributed by atoms with E-state index in [0.29, 0.717) is 19.1 Å². The molecule has 1 aliphatic rings. The fourth-order valence-electron chi connectivity index (χ4n) is 2.15. The number of benzene rings is 1. The predicted molar refractivity (Wildman–Crippen MR) is 66.5 cm³/mol. The molecule has 88 valence electrons. The first-order chi connectivity index (χ1) is 7.76.